The molecule has 7 nitrogen and oxygen atoms in total. The van der Waals surface area contributed by atoms with Gasteiger partial charge in [-0.1, -0.05) is 11.8 Å². The Morgan fingerprint density at radius 1 is 1.06 bits per heavy atom. The molecule has 4 rings (SSSR count). The fourth-order valence-electron chi connectivity index (χ4n) is 3.10. The average molecular weight is 464 g/mol. The molecular formula is C21H19F3N4O3S. The molecule has 1 aliphatic heterocycles. The molecule has 0 bridgehead atoms. The number of amides is 1. The minimum atomic E-state index is -4.45. The number of hydrogen-bond acceptors (Lipinski definition) is 6. The Bertz CT molecular complexity index is 1020. The molecular weight excluding hydrogens is 445 g/mol. The van der Waals surface area contributed by atoms with E-state index in [1.165, 1.54) is 0 Å². The predicted octanol–water partition coefficient (Wildman–Crippen LogP) is 5.37. The van der Waals surface area contributed by atoms with Crippen LogP contribution in [0.2, 0.25) is 0 Å². The molecule has 168 valence electrons. The van der Waals surface area contributed by atoms with E-state index >= 15 is 0 Å². The maximum atomic E-state index is 12.6. The van der Waals surface area contributed by atoms with Crippen LogP contribution < -0.4 is 9.47 Å². The SMILES string of the molecule is O=C(Oc1ccc(Oc2ccc(C(F)(F)F)cn2)cc1)N1CCC(Sc2ncc[nH]2)CC1. The lowest BCUT2D eigenvalue weighted by Gasteiger charge is -2.30. The average Bonchev–Trinajstić information content (AvgIpc) is 3.28. The first-order valence-electron chi connectivity index (χ1n) is 9.81. The van der Waals surface area contributed by atoms with Crippen LogP contribution in [0.4, 0.5) is 18.0 Å². The number of carbonyl (C=O) groups excluding carboxylic acids is 1. The Morgan fingerprint density at radius 2 is 1.78 bits per heavy atom. The Morgan fingerprint density at radius 3 is 2.38 bits per heavy atom. The molecule has 0 radical (unpaired) electrons. The van der Waals surface area contributed by atoms with Gasteiger partial charge in [0.2, 0.25) is 5.88 Å². The zero-order valence-corrected chi connectivity index (χ0v) is 17.5. The van der Waals surface area contributed by atoms with Gasteiger partial charge in [-0.2, -0.15) is 13.2 Å². The summed E-state index contributed by atoms with van der Waals surface area (Å²) in [5, 5.41) is 1.26. The molecule has 3 aromatic rings. The van der Waals surface area contributed by atoms with Crippen molar-refractivity contribution in [2.45, 2.75) is 29.4 Å². The maximum Gasteiger partial charge on any atom is 0.417 e. The summed E-state index contributed by atoms with van der Waals surface area (Å²) in [4.78, 5) is 25.0. The van der Waals surface area contributed by atoms with E-state index in [0.717, 1.165) is 30.1 Å². The van der Waals surface area contributed by atoms with Crippen LogP contribution in [0.15, 0.2) is 60.1 Å². The summed E-state index contributed by atoms with van der Waals surface area (Å²) in [7, 11) is 0. The lowest BCUT2D eigenvalue weighted by atomic mass is 10.1. The number of carbonyl (C=O) groups is 1. The maximum absolute atomic E-state index is 12.6. The van der Waals surface area contributed by atoms with Gasteiger partial charge >= 0.3 is 12.3 Å². The van der Waals surface area contributed by atoms with E-state index in [2.05, 4.69) is 15.0 Å². The summed E-state index contributed by atoms with van der Waals surface area (Å²) in [6.45, 7) is 1.19. The summed E-state index contributed by atoms with van der Waals surface area (Å²) >= 11 is 1.67. The quantitative estimate of drug-likeness (QED) is 0.547. The van der Waals surface area contributed by atoms with Crippen molar-refractivity contribution < 1.29 is 27.4 Å². The highest BCUT2D eigenvalue weighted by Crippen LogP contribution is 2.31. The molecule has 1 fully saturated rings. The number of rotatable bonds is 5. The number of pyridine rings is 1. The smallest absolute Gasteiger partial charge is 0.417 e. The Hall–Kier alpha value is -3.21. The first-order valence-corrected chi connectivity index (χ1v) is 10.7. The van der Waals surface area contributed by atoms with E-state index in [0.29, 0.717) is 36.0 Å². The van der Waals surface area contributed by atoms with E-state index in [-0.39, 0.29) is 5.88 Å². The number of aromatic amines is 1. The molecule has 3 heterocycles. The molecule has 0 spiro atoms. The van der Waals surface area contributed by atoms with Crippen LogP contribution in [-0.4, -0.2) is 44.3 Å². The number of thioether (sulfide) groups is 1. The summed E-state index contributed by atoms with van der Waals surface area (Å²) in [6, 6.07) is 8.25. The largest absolute Gasteiger partial charge is 0.439 e. The van der Waals surface area contributed by atoms with E-state index in [1.807, 2.05) is 0 Å². The number of aromatic nitrogens is 3. The minimum absolute atomic E-state index is 0.0260. The van der Waals surface area contributed by atoms with Gasteiger partial charge in [0, 0.05) is 43.0 Å². The standard InChI is InChI=1S/C21H19F3N4O3S/c22-21(23,24)14-1-6-18(27-13-14)30-15-2-4-16(5-3-15)31-20(29)28-11-7-17(8-12-28)32-19-25-9-10-26-19/h1-6,9-10,13,17H,7-8,11-12H2,(H,25,26). The van der Waals surface area contributed by atoms with E-state index in [1.54, 1.807) is 53.3 Å². The van der Waals surface area contributed by atoms with Crippen LogP contribution >= 0.6 is 11.8 Å². The lowest BCUT2D eigenvalue weighted by molar-refractivity contribution is -0.137. The Balaban J connectivity index is 1.26. The van der Waals surface area contributed by atoms with Gasteiger partial charge in [0.05, 0.1) is 5.56 Å². The number of nitrogens with one attached hydrogen (secondary N) is 1. The third-order valence-electron chi connectivity index (χ3n) is 4.77. The number of likely N-dealkylation sites (tertiary alicyclic amines) is 1. The van der Waals surface area contributed by atoms with Crippen molar-refractivity contribution in [1.82, 2.24) is 19.9 Å². The fraction of sp³-hybridized carbons (Fsp3) is 0.286. The van der Waals surface area contributed by atoms with Crippen molar-refractivity contribution in [2.24, 2.45) is 0 Å². The molecule has 0 saturated carbocycles. The van der Waals surface area contributed by atoms with Crippen LogP contribution in [0, 0.1) is 0 Å². The van der Waals surface area contributed by atoms with Crippen LogP contribution in [0.25, 0.3) is 0 Å². The second-order valence-corrected chi connectivity index (χ2v) is 8.31. The van der Waals surface area contributed by atoms with E-state index < -0.39 is 17.8 Å². The Kier molecular flexibility index (Phi) is 6.54. The van der Waals surface area contributed by atoms with Crippen molar-refractivity contribution in [2.75, 3.05) is 13.1 Å². The van der Waals surface area contributed by atoms with E-state index in [9.17, 15) is 18.0 Å². The normalized spacial score (nSPS) is 14.9. The lowest BCUT2D eigenvalue weighted by Crippen LogP contribution is -2.40. The molecule has 1 saturated heterocycles. The third-order valence-corrected chi connectivity index (χ3v) is 6.02. The van der Waals surface area contributed by atoms with Gasteiger partial charge in [0.15, 0.2) is 5.16 Å². The summed E-state index contributed by atoms with van der Waals surface area (Å²) < 4.78 is 48.6. The fourth-order valence-corrected chi connectivity index (χ4v) is 4.12. The number of ether oxygens (including phenoxy) is 2. The van der Waals surface area contributed by atoms with Crippen molar-refractivity contribution in [3.63, 3.8) is 0 Å². The highest BCUT2D eigenvalue weighted by Gasteiger charge is 2.30. The number of hydrogen-bond donors (Lipinski definition) is 1. The number of benzene rings is 1. The second-order valence-electron chi connectivity index (χ2n) is 7.02. The zero-order valence-electron chi connectivity index (χ0n) is 16.7. The molecule has 11 heteroatoms. The molecule has 1 N–H and O–H groups in total. The highest BCUT2D eigenvalue weighted by molar-refractivity contribution is 7.99. The van der Waals surface area contributed by atoms with Crippen molar-refractivity contribution in [3.05, 3.63) is 60.6 Å². The minimum Gasteiger partial charge on any atom is -0.439 e. The molecule has 1 amide bonds. The van der Waals surface area contributed by atoms with Gasteiger partial charge in [0.25, 0.3) is 0 Å². The number of alkyl halides is 3. The molecule has 0 unspecified atom stereocenters. The number of halogens is 3. The molecule has 1 aromatic carbocycles. The highest BCUT2D eigenvalue weighted by atomic mass is 32.2. The molecule has 32 heavy (non-hydrogen) atoms. The van der Waals surface area contributed by atoms with Crippen LogP contribution in [-0.2, 0) is 6.18 Å². The van der Waals surface area contributed by atoms with Crippen molar-refractivity contribution >= 4 is 17.9 Å². The van der Waals surface area contributed by atoms with Gasteiger partial charge in [0.1, 0.15) is 11.5 Å². The monoisotopic (exact) mass is 464 g/mol. The van der Waals surface area contributed by atoms with Gasteiger partial charge in [-0.3, -0.25) is 0 Å². The van der Waals surface area contributed by atoms with Crippen LogP contribution in [0.1, 0.15) is 18.4 Å². The summed E-state index contributed by atoms with van der Waals surface area (Å²) in [6.07, 6.45) is 1.01. The summed E-state index contributed by atoms with van der Waals surface area (Å²) in [5.74, 6) is 0.723. The molecule has 2 aromatic heterocycles. The predicted molar refractivity (Wildman–Crippen MR) is 111 cm³/mol. The summed E-state index contributed by atoms with van der Waals surface area (Å²) in [5.41, 5.74) is -0.851. The van der Waals surface area contributed by atoms with E-state index in [4.69, 9.17) is 9.47 Å². The van der Waals surface area contributed by atoms with Gasteiger partial charge < -0.3 is 19.4 Å². The molecule has 1 aliphatic rings. The molecule has 0 atom stereocenters. The number of piperidine rings is 1. The number of nitrogens with zero attached hydrogens (tertiary/aromatic N) is 3. The van der Waals surface area contributed by atoms with Gasteiger partial charge in [-0.15, -0.1) is 0 Å². The topological polar surface area (TPSA) is 80.3 Å². The van der Waals surface area contributed by atoms with Crippen molar-refractivity contribution in [3.8, 4) is 17.4 Å². The second kappa shape index (κ2) is 9.51. The van der Waals surface area contributed by atoms with Crippen molar-refractivity contribution in [1.29, 1.82) is 0 Å². The zero-order chi connectivity index (χ0) is 22.6. The molecule has 0 aliphatic carbocycles. The van der Waals surface area contributed by atoms with Crippen LogP contribution in [0.5, 0.6) is 17.4 Å². The van der Waals surface area contributed by atoms with Crippen LogP contribution in [0.3, 0.4) is 0 Å². The number of H-pyrrole nitrogens is 1. The van der Waals surface area contributed by atoms with Gasteiger partial charge in [-0.05, 0) is 43.2 Å². The first kappa shape index (κ1) is 22.0. The Labute approximate surface area is 186 Å². The van der Waals surface area contributed by atoms with Gasteiger partial charge in [-0.25, -0.2) is 14.8 Å². The number of imidazole rings is 1. The first-order chi connectivity index (χ1) is 15.4. The third kappa shape index (κ3) is 5.72.